The van der Waals surface area contributed by atoms with Crippen molar-refractivity contribution in [3.8, 4) is 0 Å². The monoisotopic (exact) mass is 308 g/mol. The summed E-state index contributed by atoms with van der Waals surface area (Å²) in [5, 5.41) is 3.10. The van der Waals surface area contributed by atoms with Crippen molar-refractivity contribution < 1.29 is 8.42 Å². The highest BCUT2D eigenvalue weighted by Crippen LogP contribution is 2.45. The SMILES string of the molecule is CNCCc1ccc(S(=O)(=O)NC(C2CC2)C2CC2)cc1. The minimum atomic E-state index is -3.37. The van der Waals surface area contributed by atoms with Crippen molar-refractivity contribution in [3.05, 3.63) is 29.8 Å². The van der Waals surface area contributed by atoms with E-state index in [1.54, 1.807) is 12.1 Å². The molecule has 0 unspecified atom stereocenters. The summed E-state index contributed by atoms with van der Waals surface area (Å²) in [5.74, 6) is 1.14. The van der Waals surface area contributed by atoms with Crippen molar-refractivity contribution in [2.24, 2.45) is 11.8 Å². The first-order chi connectivity index (χ1) is 10.1. The first-order valence-electron chi connectivity index (χ1n) is 7.86. The average molecular weight is 308 g/mol. The quantitative estimate of drug-likeness (QED) is 0.771. The van der Waals surface area contributed by atoms with Crippen molar-refractivity contribution in [2.75, 3.05) is 13.6 Å². The van der Waals surface area contributed by atoms with E-state index in [1.165, 1.54) is 25.7 Å². The molecule has 1 aromatic carbocycles. The van der Waals surface area contributed by atoms with Crippen LogP contribution in [0.3, 0.4) is 0 Å². The van der Waals surface area contributed by atoms with Crippen LogP contribution in [-0.4, -0.2) is 28.1 Å². The molecule has 0 atom stereocenters. The fraction of sp³-hybridized carbons (Fsp3) is 0.625. The maximum Gasteiger partial charge on any atom is 0.240 e. The van der Waals surface area contributed by atoms with Crippen molar-refractivity contribution in [2.45, 2.75) is 43.0 Å². The standard InChI is InChI=1S/C16H24N2O2S/c1-17-11-10-12-2-8-15(9-3-12)21(19,20)18-16(13-4-5-13)14-6-7-14/h2-3,8-9,13-14,16-18H,4-7,10-11H2,1H3. The molecule has 116 valence electrons. The number of hydrogen-bond donors (Lipinski definition) is 2. The zero-order valence-electron chi connectivity index (χ0n) is 12.5. The number of rotatable bonds is 8. The molecule has 0 heterocycles. The van der Waals surface area contributed by atoms with Crippen LogP contribution in [0.1, 0.15) is 31.2 Å². The molecule has 2 fully saturated rings. The third-order valence-electron chi connectivity index (χ3n) is 4.45. The van der Waals surface area contributed by atoms with Crippen LogP contribution >= 0.6 is 0 Å². The minimum absolute atomic E-state index is 0.166. The molecule has 0 spiro atoms. The summed E-state index contributed by atoms with van der Waals surface area (Å²) in [5.41, 5.74) is 1.16. The summed E-state index contributed by atoms with van der Waals surface area (Å²) in [6.07, 6.45) is 5.61. The van der Waals surface area contributed by atoms with Crippen LogP contribution in [0.2, 0.25) is 0 Å². The van der Waals surface area contributed by atoms with Gasteiger partial charge in [-0.25, -0.2) is 13.1 Å². The molecule has 0 saturated heterocycles. The van der Waals surface area contributed by atoms with Crippen molar-refractivity contribution >= 4 is 10.0 Å². The molecule has 0 aromatic heterocycles. The van der Waals surface area contributed by atoms with Gasteiger partial charge < -0.3 is 5.32 Å². The molecule has 0 bridgehead atoms. The van der Waals surface area contributed by atoms with E-state index in [1.807, 2.05) is 19.2 Å². The maximum atomic E-state index is 12.5. The number of hydrogen-bond acceptors (Lipinski definition) is 3. The predicted molar refractivity (Wildman–Crippen MR) is 83.6 cm³/mol. The van der Waals surface area contributed by atoms with E-state index in [0.717, 1.165) is 18.5 Å². The van der Waals surface area contributed by atoms with Gasteiger partial charge in [-0.15, -0.1) is 0 Å². The van der Waals surface area contributed by atoms with Gasteiger partial charge in [0.15, 0.2) is 0 Å². The van der Waals surface area contributed by atoms with Gasteiger partial charge in [-0.2, -0.15) is 0 Å². The first kappa shape index (κ1) is 15.0. The van der Waals surface area contributed by atoms with Gasteiger partial charge in [0.1, 0.15) is 0 Å². The Morgan fingerprint density at radius 3 is 2.14 bits per heavy atom. The largest absolute Gasteiger partial charge is 0.319 e. The van der Waals surface area contributed by atoms with Crippen LogP contribution in [0.4, 0.5) is 0 Å². The maximum absolute atomic E-state index is 12.5. The second-order valence-corrected chi connectivity index (χ2v) is 8.03. The Morgan fingerprint density at radius 1 is 1.10 bits per heavy atom. The number of benzene rings is 1. The first-order valence-corrected chi connectivity index (χ1v) is 9.34. The summed E-state index contributed by atoms with van der Waals surface area (Å²) >= 11 is 0. The van der Waals surface area contributed by atoms with Crippen LogP contribution in [0.25, 0.3) is 0 Å². The smallest absolute Gasteiger partial charge is 0.240 e. The molecule has 1 aromatic rings. The van der Waals surface area contributed by atoms with Crippen molar-refractivity contribution in [1.82, 2.24) is 10.0 Å². The Hall–Kier alpha value is -0.910. The fourth-order valence-electron chi connectivity index (χ4n) is 2.84. The van der Waals surface area contributed by atoms with Gasteiger partial charge in [-0.3, -0.25) is 0 Å². The van der Waals surface area contributed by atoms with E-state index in [-0.39, 0.29) is 6.04 Å². The molecule has 0 radical (unpaired) electrons. The summed E-state index contributed by atoms with van der Waals surface area (Å²) < 4.78 is 28.0. The second kappa shape index (κ2) is 6.07. The summed E-state index contributed by atoms with van der Waals surface area (Å²) in [6.45, 7) is 0.899. The van der Waals surface area contributed by atoms with Crippen LogP contribution in [-0.2, 0) is 16.4 Å². The second-order valence-electron chi connectivity index (χ2n) is 6.32. The minimum Gasteiger partial charge on any atom is -0.319 e. The zero-order chi connectivity index (χ0) is 14.9. The number of sulfonamides is 1. The molecule has 0 amide bonds. The Balaban J connectivity index is 1.68. The van der Waals surface area contributed by atoms with Gasteiger partial charge in [0, 0.05) is 6.04 Å². The van der Waals surface area contributed by atoms with E-state index in [2.05, 4.69) is 10.0 Å². The van der Waals surface area contributed by atoms with Gasteiger partial charge in [0.25, 0.3) is 0 Å². The molecule has 5 heteroatoms. The highest BCUT2D eigenvalue weighted by atomic mass is 32.2. The Kier molecular flexibility index (Phi) is 4.33. The Bertz CT molecular complexity index is 563. The molecule has 2 aliphatic carbocycles. The van der Waals surface area contributed by atoms with E-state index in [0.29, 0.717) is 16.7 Å². The lowest BCUT2D eigenvalue weighted by molar-refractivity contribution is 0.471. The molecular weight excluding hydrogens is 284 g/mol. The summed E-state index contributed by atoms with van der Waals surface area (Å²) in [4.78, 5) is 0.391. The van der Waals surface area contributed by atoms with Crippen LogP contribution in [0.5, 0.6) is 0 Å². The molecule has 3 rings (SSSR count). The fourth-order valence-corrected chi connectivity index (χ4v) is 4.21. The highest BCUT2D eigenvalue weighted by Gasteiger charge is 2.43. The molecule has 2 N–H and O–H groups in total. The average Bonchev–Trinajstić information content (AvgIpc) is 3.36. The molecular formula is C16H24N2O2S. The summed E-state index contributed by atoms with van der Waals surface area (Å²) in [7, 11) is -1.46. The van der Waals surface area contributed by atoms with E-state index in [4.69, 9.17) is 0 Å². The number of nitrogens with one attached hydrogen (secondary N) is 2. The van der Waals surface area contributed by atoms with Gasteiger partial charge in [0.2, 0.25) is 10.0 Å². The summed E-state index contributed by atoms with van der Waals surface area (Å²) in [6, 6.07) is 7.44. The van der Waals surface area contributed by atoms with Crippen LogP contribution in [0.15, 0.2) is 29.2 Å². The lowest BCUT2D eigenvalue weighted by Gasteiger charge is -2.17. The molecule has 4 nitrogen and oxygen atoms in total. The van der Waals surface area contributed by atoms with E-state index >= 15 is 0 Å². The molecule has 0 aliphatic heterocycles. The van der Waals surface area contributed by atoms with E-state index in [9.17, 15) is 8.42 Å². The number of likely N-dealkylation sites (N-methyl/N-ethyl adjacent to an activating group) is 1. The van der Waals surface area contributed by atoms with Gasteiger partial charge in [0.05, 0.1) is 4.90 Å². The third kappa shape index (κ3) is 3.84. The molecule has 2 saturated carbocycles. The Morgan fingerprint density at radius 2 is 1.67 bits per heavy atom. The van der Waals surface area contributed by atoms with Gasteiger partial charge in [-0.05, 0) is 75.2 Å². The van der Waals surface area contributed by atoms with Gasteiger partial charge >= 0.3 is 0 Å². The zero-order valence-corrected chi connectivity index (χ0v) is 13.3. The molecule has 21 heavy (non-hydrogen) atoms. The van der Waals surface area contributed by atoms with Gasteiger partial charge in [-0.1, -0.05) is 12.1 Å². The Labute approximate surface area is 127 Å². The van der Waals surface area contributed by atoms with Crippen molar-refractivity contribution in [3.63, 3.8) is 0 Å². The van der Waals surface area contributed by atoms with Crippen LogP contribution < -0.4 is 10.0 Å². The molecule has 2 aliphatic rings. The lowest BCUT2D eigenvalue weighted by atomic mass is 10.1. The van der Waals surface area contributed by atoms with Crippen LogP contribution in [0, 0.1) is 11.8 Å². The third-order valence-corrected chi connectivity index (χ3v) is 5.92. The lowest BCUT2D eigenvalue weighted by Crippen LogP contribution is -2.38. The normalized spacial score (nSPS) is 19.1. The van der Waals surface area contributed by atoms with Crippen molar-refractivity contribution in [1.29, 1.82) is 0 Å². The predicted octanol–water partition coefficient (Wildman–Crippen LogP) is 1.92. The highest BCUT2D eigenvalue weighted by molar-refractivity contribution is 7.89. The van der Waals surface area contributed by atoms with E-state index < -0.39 is 10.0 Å². The topological polar surface area (TPSA) is 58.2 Å².